The van der Waals surface area contributed by atoms with Gasteiger partial charge in [0.2, 0.25) is 10.0 Å². The highest BCUT2D eigenvalue weighted by atomic mass is 32.2. The predicted molar refractivity (Wildman–Crippen MR) is 95.8 cm³/mol. The van der Waals surface area contributed by atoms with Crippen molar-refractivity contribution < 1.29 is 17.7 Å². The second-order valence-electron chi connectivity index (χ2n) is 6.75. The van der Waals surface area contributed by atoms with Crippen molar-refractivity contribution in [1.29, 1.82) is 0 Å². The van der Waals surface area contributed by atoms with Gasteiger partial charge in [-0.3, -0.25) is 9.69 Å². The van der Waals surface area contributed by atoms with Gasteiger partial charge in [-0.05, 0) is 33.8 Å². The number of H-pyrrole nitrogens is 1. The smallest absolute Gasteiger partial charge is 0.248 e. The average molecular weight is 380 g/mol. The Morgan fingerprint density at radius 3 is 2.35 bits per heavy atom. The van der Waals surface area contributed by atoms with Crippen molar-refractivity contribution in [3.05, 3.63) is 34.5 Å². The largest absolute Gasteiger partial charge is 0.362 e. The summed E-state index contributed by atoms with van der Waals surface area (Å²) in [5, 5.41) is 3.74. The van der Waals surface area contributed by atoms with E-state index in [2.05, 4.69) is 10.1 Å². The van der Waals surface area contributed by atoms with Gasteiger partial charge in [0.15, 0.2) is 11.5 Å². The van der Waals surface area contributed by atoms with Crippen molar-refractivity contribution in [3.8, 4) is 0 Å². The average Bonchev–Trinajstić information content (AvgIpc) is 3.09. The molecule has 1 aliphatic heterocycles. The summed E-state index contributed by atoms with van der Waals surface area (Å²) in [5.41, 5.74) is 2.90. The zero-order valence-electron chi connectivity index (χ0n) is 15.5. The highest BCUT2D eigenvalue weighted by Crippen LogP contribution is 2.24. The van der Waals surface area contributed by atoms with E-state index in [0.29, 0.717) is 43.2 Å². The Labute approximate surface area is 153 Å². The molecule has 1 aliphatic rings. The number of hydrogen-bond donors (Lipinski definition) is 1. The first-order chi connectivity index (χ1) is 12.2. The third-order valence-electron chi connectivity index (χ3n) is 4.71. The highest BCUT2D eigenvalue weighted by Gasteiger charge is 2.33. The molecular formula is C17H24N4O4S. The molecule has 9 heteroatoms. The minimum Gasteiger partial charge on any atom is -0.362 e. The van der Waals surface area contributed by atoms with Crippen LogP contribution < -0.4 is 0 Å². The van der Waals surface area contributed by atoms with E-state index in [9.17, 15) is 13.2 Å². The SMILES string of the molecule is Cc1cc(C(=O)CN2CCN(S(=O)(=O)c3c(C)noc3C)CC2)c(C)[nH]1. The molecule has 0 bridgehead atoms. The van der Waals surface area contributed by atoms with Crippen LogP contribution in [0, 0.1) is 27.7 Å². The fraction of sp³-hybridized carbons (Fsp3) is 0.529. The molecule has 2 aromatic heterocycles. The second-order valence-corrected chi connectivity index (χ2v) is 8.62. The van der Waals surface area contributed by atoms with Crippen LogP contribution >= 0.6 is 0 Å². The van der Waals surface area contributed by atoms with Gasteiger partial charge in [0.1, 0.15) is 10.6 Å². The first kappa shape index (κ1) is 18.8. The van der Waals surface area contributed by atoms with E-state index >= 15 is 0 Å². The summed E-state index contributed by atoms with van der Waals surface area (Å²) in [4.78, 5) is 17.8. The number of piperazine rings is 1. The minimum absolute atomic E-state index is 0.0499. The van der Waals surface area contributed by atoms with Crippen LogP contribution in [0.15, 0.2) is 15.5 Å². The molecule has 0 amide bonds. The lowest BCUT2D eigenvalue weighted by atomic mass is 10.1. The summed E-state index contributed by atoms with van der Waals surface area (Å²) in [6.07, 6.45) is 0. The number of Topliss-reactive ketones (excluding diaryl/α,β-unsaturated/α-hetero) is 1. The molecule has 2 aromatic rings. The molecule has 0 radical (unpaired) electrons. The van der Waals surface area contributed by atoms with Crippen LogP contribution in [0.5, 0.6) is 0 Å². The van der Waals surface area contributed by atoms with E-state index in [1.807, 2.05) is 24.8 Å². The van der Waals surface area contributed by atoms with Gasteiger partial charge in [-0.25, -0.2) is 8.42 Å². The summed E-state index contributed by atoms with van der Waals surface area (Å²) in [6, 6.07) is 1.86. The third kappa shape index (κ3) is 3.46. The van der Waals surface area contributed by atoms with Gasteiger partial charge in [0.25, 0.3) is 0 Å². The molecule has 142 valence electrons. The quantitative estimate of drug-likeness (QED) is 0.788. The molecule has 1 fully saturated rings. The molecular weight excluding hydrogens is 356 g/mol. The number of aromatic amines is 1. The molecule has 1 saturated heterocycles. The maximum Gasteiger partial charge on any atom is 0.248 e. The van der Waals surface area contributed by atoms with E-state index in [0.717, 1.165) is 11.4 Å². The molecule has 0 aliphatic carbocycles. The maximum atomic E-state index is 12.8. The normalized spacial score (nSPS) is 16.9. The number of hydrogen-bond acceptors (Lipinski definition) is 6. The number of nitrogens with one attached hydrogen (secondary N) is 1. The van der Waals surface area contributed by atoms with Crippen molar-refractivity contribution >= 4 is 15.8 Å². The van der Waals surface area contributed by atoms with Gasteiger partial charge in [-0.15, -0.1) is 0 Å². The lowest BCUT2D eigenvalue weighted by Crippen LogP contribution is -2.49. The Bertz CT molecular complexity index is 901. The molecule has 8 nitrogen and oxygen atoms in total. The molecule has 3 heterocycles. The summed E-state index contributed by atoms with van der Waals surface area (Å²) >= 11 is 0. The molecule has 26 heavy (non-hydrogen) atoms. The van der Waals surface area contributed by atoms with Crippen molar-refractivity contribution in [3.63, 3.8) is 0 Å². The third-order valence-corrected chi connectivity index (χ3v) is 6.86. The Morgan fingerprint density at radius 2 is 1.85 bits per heavy atom. The fourth-order valence-electron chi connectivity index (χ4n) is 3.40. The van der Waals surface area contributed by atoms with Gasteiger partial charge >= 0.3 is 0 Å². The van der Waals surface area contributed by atoms with Crippen LogP contribution in [0.2, 0.25) is 0 Å². The zero-order valence-corrected chi connectivity index (χ0v) is 16.3. The number of sulfonamides is 1. The van der Waals surface area contributed by atoms with Crippen LogP contribution in [0.25, 0.3) is 0 Å². The lowest BCUT2D eigenvalue weighted by Gasteiger charge is -2.33. The molecule has 0 saturated carbocycles. The zero-order chi connectivity index (χ0) is 19.1. The number of carbonyl (C=O) groups excluding carboxylic acids is 1. The van der Waals surface area contributed by atoms with Gasteiger partial charge in [0.05, 0.1) is 6.54 Å². The van der Waals surface area contributed by atoms with E-state index in [-0.39, 0.29) is 17.2 Å². The van der Waals surface area contributed by atoms with Gasteiger partial charge in [0, 0.05) is 43.1 Å². The molecule has 3 rings (SSSR count). The van der Waals surface area contributed by atoms with Crippen molar-refractivity contribution in [2.45, 2.75) is 32.6 Å². The van der Waals surface area contributed by atoms with Crippen molar-refractivity contribution in [2.24, 2.45) is 0 Å². The summed E-state index contributed by atoms with van der Waals surface area (Å²) in [5.74, 6) is 0.354. The predicted octanol–water partition coefficient (Wildman–Crippen LogP) is 1.43. The molecule has 0 aromatic carbocycles. The number of rotatable bonds is 5. The number of aryl methyl sites for hydroxylation is 4. The number of nitrogens with zero attached hydrogens (tertiary/aromatic N) is 3. The Hall–Kier alpha value is -1.97. The lowest BCUT2D eigenvalue weighted by molar-refractivity contribution is 0.0901. The first-order valence-electron chi connectivity index (χ1n) is 8.55. The Balaban J connectivity index is 1.64. The van der Waals surface area contributed by atoms with Crippen molar-refractivity contribution in [1.82, 2.24) is 19.3 Å². The highest BCUT2D eigenvalue weighted by molar-refractivity contribution is 7.89. The van der Waals surface area contributed by atoms with Gasteiger partial charge in [-0.2, -0.15) is 4.31 Å². The first-order valence-corrected chi connectivity index (χ1v) is 9.99. The Morgan fingerprint density at radius 1 is 1.19 bits per heavy atom. The minimum atomic E-state index is -3.63. The van der Waals surface area contributed by atoms with E-state index in [1.54, 1.807) is 13.8 Å². The van der Waals surface area contributed by atoms with E-state index in [4.69, 9.17) is 4.52 Å². The van der Waals surface area contributed by atoms with Gasteiger partial charge in [-0.1, -0.05) is 5.16 Å². The maximum absolute atomic E-state index is 12.8. The summed E-state index contributed by atoms with van der Waals surface area (Å²) in [6.45, 7) is 9.01. The van der Waals surface area contributed by atoms with Gasteiger partial charge < -0.3 is 9.51 Å². The van der Waals surface area contributed by atoms with Crippen molar-refractivity contribution in [2.75, 3.05) is 32.7 Å². The molecule has 0 spiro atoms. The molecule has 1 N–H and O–H groups in total. The summed E-state index contributed by atoms with van der Waals surface area (Å²) < 4.78 is 32.1. The Kier molecular flexibility index (Phi) is 5.05. The van der Waals surface area contributed by atoms with Crippen LogP contribution in [0.4, 0.5) is 0 Å². The molecule has 0 atom stereocenters. The summed E-state index contributed by atoms with van der Waals surface area (Å²) in [7, 11) is -3.63. The topological polar surface area (TPSA) is 99.5 Å². The number of ketones is 1. The number of aromatic nitrogens is 2. The van der Waals surface area contributed by atoms with Crippen LogP contribution in [0.1, 0.15) is 33.2 Å². The van der Waals surface area contributed by atoms with E-state index in [1.165, 1.54) is 4.31 Å². The van der Waals surface area contributed by atoms with Crippen LogP contribution in [-0.2, 0) is 10.0 Å². The molecule has 0 unspecified atom stereocenters. The second kappa shape index (κ2) is 6.98. The fourth-order valence-corrected chi connectivity index (χ4v) is 5.12. The number of carbonyl (C=O) groups is 1. The van der Waals surface area contributed by atoms with Crippen LogP contribution in [0.3, 0.4) is 0 Å². The van der Waals surface area contributed by atoms with E-state index < -0.39 is 10.0 Å². The standard InChI is InChI=1S/C17H24N4O4S/c1-11-9-15(12(2)18-11)16(22)10-20-5-7-21(8-6-20)26(23,24)17-13(3)19-25-14(17)4/h9,18H,5-8,10H2,1-4H3. The van der Waals surface area contributed by atoms with Crippen LogP contribution in [-0.4, -0.2) is 66.3 Å². The monoisotopic (exact) mass is 380 g/mol.